The van der Waals surface area contributed by atoms with Gasteiger partial charge < -0.3 is 25.0 Å². The molecule has 29 heavy (non-hydrogen) atoms. The van der Waals surface area contributed by atoms with E-state index < -0.39 is 0 Å². The number of aliphatic imine (C=N–C) groups is 1. The summed E-state index contributed by atoms with van der Waals surface area (Å²) in [5.41, 5.74) is 2.34. The Labute approximate surface area is 171 Å². The van der Waals surface area contributed by atoms with Gasteiger partial charge in [-0.3, -0.25) is 0 Å². The molecule has 0 radical (unpaired) electrons. The molecule has 1 aliphatic heterocycles. The number of guanidine groups is 1. The van der Waals surface area contributed by atoms with Gasteiger partial charge in [-0.2, -0.15) is 0 Å². The van der Waals surface area contributed by atoms with Gasteiger partial charge in [-0.1, -0.05) is 12.1 Å². The number of aliphatic hydroxyl groups excluding tert-OH is 1. The number of nitrogens with zero attached hydrogens (tertiary/aromatic N) is 3. The van der Waals surface area contributed by atoms with Crippen LogP contribution in [0.1, 0.15) is 18.1 Å². The largest absolute Gasteiger partial charge is 0.497 e. The molecule has 0 unspecified atom stereocenters. The van der Waals surface area contributed by atoms with E-state index in [1.807, 2.05) is 19.1 Å². The van der Waals surface area contributed by atoms with Crippen molar-refractivity contribution in [1.29, 1.82) is 0 Å². The lowest BCUT2D eigenvalue weighted by Crippen LogP contribution is -2.52. The van der Waals surface area contributed by atoms with Crippen molar-refractivity contribution in [3.63, 3.8) is 0 Å². The average molecular weight is 400 g/mol. The number of halogens is 1. The van der Waals surface area contributed by atoms with Crippen molar-refractivity contribution in [1.82, 2.24) is 10.2 Å². The monoisotopic (exact) mass is 400 g/mol. The molecule has 2 aromatic rings. The molecular weight excluding hydrogens is 371 g/mol. The van der Waals surface area contributed by atoms with E-state index in [4.69, 9.17) is 9.73 Å². The van der Waals surface area contributed by atoms with Crippen LogP contribution >= 0.6 is 0 Å². The van der Waals surface area contributed by atoms with Crippen LogP contribution in [0.2, 0.25) is 0 Å². The highest BCUT2D eigenvalue weighted by Gasteiger charge is 2.20. The van der Waals surface area contributed by atoms with Crippen LogP contribution in [0, 0.1) is 5.82 Å². The number of rotatable bonds is 6. The topological polar surface area (TPSA) is 60.3 Å². The van der Waals surface area contributed by atoms with Crippen molar-refractivity contribution in [3.8, 4) is 5.75 Å². The fraction of sp³-hybridized carbons (Fsp3) is 0.409. The normalized spacial score (nSPS) is 14.8. The third kappa shape index (κ3) is 5.38. The Balaban J connectivity index is 1.65. The van der Waals surface area contributed by atoms with Crippen molar-refractivity contribution < 1.29 is 14.2 Å². The van der Waals surface area contributed by atoms with Crippen LogP contribution in [0.25, 0.3) is 0 Å². The molecule has 0 atom stereocenters. The van der Waals surface area contributed by atoms with E-state index in [9.17, 15) is 9.50 Å². The third-order valence-corrected chi connectivity index (χ3v) is 5.02. The Hall–Kier alpha value is -2.80. The van der Waals surface area contributed by atoms with E-state index in [2.05, 4.69) is 27.2 Å². The second-order valence-electron chi connectivity index (χ2n) is 6.93. The second kappa shape index (κ2) is 10.1. The smallest absolute Gasteiger partial charge is 0.194 e. The molecule has 0 aromatic heterocycles. The molecule has 2 N–H and O–H groups in total. The lowest BCUT2D eigenvalue weighted by Gasteiger charge is -2.37. The Morgan fingerprint density at radius 1 is 1.17 bits per heavy atom. The van der Waals surface area contributed by atoms with Gasteiger partial charge in [0.1, 0.15) is 11.6 Å². The summed E-state index contributed by atoms with van der Waals surface area (Å²) in [5, 5.41) is 12.6. The van der Waals surface area contributed by atoms with E-state index >= 15 is 0 Å². The number of hydrogen-bond donors (Lipinski definition) is 2. The fourth-order valence-electron chi connectivity index (χ4n) is 3.42. The van der Waals surface area contributed by atoms with Gasteiger partial charge in [-0.15, -0.1) is 0 Å². The van der Waals surface area contributed by atoms with Crippen molar-refractivity contribution in [2.45, 2.75) is 20.1 Å². The summed E-state index contributed by atoms with van der Waals surface area (Å²) < 4.78 is 18.9. The van der Waals surface area contributed by atoms with E-state index in [0.29, 0.717) is 12.1 Å². The summed E-state index contributed by atoms with van der Waals surface area (Å²) >= 11 is 0. The molecule has 0 aliphatic carbocycles. The number of benzene rings is 2. The van der Waals surface area contributed by atoms with Crippen molar-refractivity contribution in [2.75, 3.05) is 44.7 Å². The highest BCUT2D eigenvalue weighted by Crippen LogP contribution is 2.22. The van der Waals surface area contributed by atoms with Gasteiger partial charge in [0.25, 0.3) is 0 Å². The first-order valence-corrected chi connectivity index (χ1v) is 9.95. The summed E-state index contributed by atoms with van der Waals surface area (Å²) in [6.45, 7) is 6.44. The Bertz CT molecular complexity index is 835. The molecule has 3 rings (SSSR count). The molecule has 0 amide bonds. The van der Waals surface area contributed by atoms with Gasteiger partial charge in [-0.05, 0) is 36.8 Å². The number of anilines is 1. The lowest BCUT2D eigenvalue weighted by atomic mass is 10.1. The molecule has 156 valence electrons. The number of hydrogen-bond acceptors (Lipinski definition) is 4. The Morgan fingerprint density at radius 3 is 2.66 bits per heavy atom. The standard InChI is InChI=1S/C22H29FN4O2/c1-3-24-22(25-15-17-7-8-21(23)18(13-17)16-28)27-11-9-26(10-12-27)19-5-4-6-20(14-19)29-2/h4-8,13-14,28H,3,9-12,15-16H2,1-2H3,(H,24,25). The quantitative estimate of drug-likeness (QED) is 0.577. The molecule has 2 aromatic carbocycles. The van der Waals surface area contributed by atoms with Gasteiger partial charge in [0, 0.05) is 50.0 Å². The van der Waals surface area contributed by atoms with Gasteiger partial charge in [0.15, 0.2) is 5.96 Å². The highest BCUT2D eigenvalue weighted by molar-refractivity contribution is 5.80. The minimum Gasteiger partial charge on any atom is -0.497 e. The first kappa shape index (κ1) is 20.9. The average Bonchev–Trinajstić information content (AvgIpc) is 2.77. The maximum Gasteiger partial charge on any atom is 0.194 e. The van der Waals surface area contributed by atoms with Gasteiger partial charge in [0.2, 0.25) is 0 Å². The SMILES string of the molecule is CCNC(=NCc1ccc(F)c(CO)c1)N1CCN(c2cccc(OC)c2)CC1. The minimum atomic E-state index is -0.388. The molecule has 0 spiro atoms. The zero-order chi connectivity index (χ0) is 20.6. The second-order valence-corrected chi connectivity index (χ2v) is 6.93. The van der Waals surface area contributed by atoms with Crippen LogP contribution in [0.3, 0.4) is 0 Å². The fourth-order valence-corrected chi connectivity index (χ4v) is 3.42. The van der Waals surface area contributed by atoms with Gasteiger partial charge in [0.05, 0.1) is 20.3 Å². The number of nitrogens with one attached hydrogen (secondary N) is 1. The molecule has 6 nitrogen and oxygen atoms in total. The zero-order valence-electron chi connectivity index (χ0n) is 17.1. The summed E-state index contributed by atoms with van der Waals surface area (Å²) in [4.78, 5) is 9.32. The number of aliphatic hydroxyl groups is 1. The van der Waals surface area contributed by atoms with Crippen LogP contribution in [0.5, 0.6) is 5.75 Å². The molecule has 0 saturated carbocycles. The molecular formula is C22H29FN4O2. The highest BCUT2D eigenvalue weighted by atomic mass is 19.1. The van der Waals surface area contributed by atoms with E-state index in [-0.39, 0.29) is 12.4 Å². The summed E-state index contributed by atoms with van der Waals surface area (Å²) in [6, 6.07) is 12.9. The maximum atomic E-state index is 13.6. The Kier molecular flexibility index (Phi) is 7.30. The number of ether oxygens (including phenoxy) is 1. The molecule has 1 aliphatic rings. The first-order chi connectivity index (χ1) is 14.1. The van der Waals surface area contributed by atoms with Crippen molar-refractivity contribution in [3.05, 3.63) is 59.4 Å². The number of piperazine rings is 1. The van der Waals surface area contributed by atoms with Crippen LogP contribution in [0.15, 0.2) is 47.5 Å². The third-order valence-electron chi connectivity index (χ3n) is 5.02. The van der Waals surface area contributed by atoms with Crippen LogP contribution < -0.4 is 15.0 Å². The summed E-state index contributed by atoms with van der Waals surface area (Å²) in [7, 11) is 1.68. The zero-order valence-corrected chi connectivity index (χ0v) is 17.1. The summed E-state index contributed by atoms with van der Waals surface area (Å²) in [5.74, 6) is 1.33. The van der Waals surface area contributed by atoms with Crippen LogP contribution in [-0.4, -0.2) is 55.8 Å². The van der Waals surface area contributed by atoms with Crippen molar-refractivity contribution >= 4 is 11.6 Å². The van der Waals surface area contributed by atoms with Crippen LogP contribution in [0.4, 0.5) is 10.1 Å². The van der Waals surface area contributed by atoms with Crippen molar-refractivity contribution in [2.24, 2.45) is 4.99 Å². The van der Waals surface area contributed by atoms with Crippen LogP contribution in [-0.2, 0) is 13.2 Å². The molecule has 1 fully saturated rings. The Morgan fingerprint density at radius 2 is 1.97 bits per heavy atom. The first-order valence-electron chi connectivity index (χ1n) is 9.95. The minimum absolute atomic E-state index is 0.301. The van der Waals surface area contributed by atoms with E-state index in [1.165, 1.54) is 6.07 Å². The molecule has 1 saturated heterocycles. The molecule has 0 bridgehead atoms. The van der Waals surface area contributed by atoms with Gasteiger partial charge in [-0.25, -0.2) is 9.38 Å². The summed E-state index contributed by atoms with van der Waals surface area (Å²) in [6.07, 6.45) is 0. The lowest BCUT2D eigenvalue weighted by molar-refractivity contribution is 0.275. The van der Waals surface area contributed by atoms with E-state index in [1.54, 1.807) is 19.2 Å². The number of methoxy groups -OCH3 is 1. The van der Waals surface area contributed by atoms with Gasteiger partial charge >= 0.3 is 0 Å². The molecule has 1 heterocycles. The predicted octanol–water partition coefficient (Wildman–Crippen LogP) is 2.61. The van der Waals surface area contributed by atoms with E-state index in [0.717, 1.165) is 55.7 Å². The maximum absolute atomic E-state index is 13.6. The predicted molar refractivity (Wildman–Crippen MR) is 114 cm³/mol. The molecule has 7 heteroatoms.